The standard InChI is InChI=1S/C14H15ClN2O3S2/c1-9(2)22(19,20)17-12-6-7-21-13(12)14(18)16-11-5-3-4-10(15)8-11/h3-9,17H,1-2H3,(H,16,18). The van der Waals surface area contributed by atoms with E-state index in [4.69, 9.17) is 11.6 Å². The Hall–Kier alpha value is -1.57. The predicted octanol–water partition coefficient (Wildman–Crippen LogP) is 3.80. The normalized spacial score (nSPS) is 11.5. The van der Waals surface area contributed by atoms with Gasteiger partial charge in [-0.25, -0.2) is 8.42 Å². The van der Waals surface area contributed by atoms with Gasteiger partial charge in [0.2, 0.25) is 10.0 Å². The van der Waals surface area contributed by atoms with Crippen molar-refractivity contribution in [2.75, 3.05) is 10.0 Å². The van der Waals surface area contributed by atoms with Crippen LogP contribution in [0.5, 0.6) is 0 Å². The molecular weight excluding hydrogens is 344 g/mol. The number of nitrogens with one attached hydrogen (secondary N) is 2. The third kappa shape index (κ3) is 4.00. The minimum Gasteiger partial charge on any atom is -0.321 e. The quantitative estimate of drug-likeness (QED) is 0.853. The van der Waals surface area contributed by atoms with Crippen LogP contribution in [0.3, 0.4) is 0 Å². The smallest absolute Gasteiger partial charge is 0.267 e. The Balaban J connectivity index is 2.20. The Labute approximate surface area is 138 Å². The third-order valence-corrected chi connectivity index (χ3v) is 5.72. The molecule has 0 aliphatic carbocycles. The fourth-order valence-corrected chi connectivity index (χ4v) is 3.30. The van der Waals surface area contributed by atoms with Crippen LogP contribution in [0.1, 0.15) is 23.5 Å². The lowest BCUT2D eigenvalue weighted by Gasteiger charge is -2.11. The van der Waals surface area contributed by atoms with E-state index in [1.807, 2.05) is 0 Å². The SMILES string of the molecule is CC(C)S(=O)(=O)Nc1ccsc1C(=O)Nc1cccc(Cl)c1. The van der Waals surface area contributed by atoms with Crippen molar-refractivity contribution < 1.29 is 13.2 Å². The summed E-state index contributed by atoms with van der Waals surface area (Å²) in [6.45, 7) is 3.14. The van der Waals surface area contributed by atoms with Crippen LogP contribution in [-0.4, -0.2) is 19.6 Å². The highest BCUT2D eigenvalue weighted by Crippen LogP contribution is 2.26. The van der Waals surface area contributed by atoms with Gasteiger partial charge in [-0.1, -0.05) is 17.7 Å². The summed E-state index contributed by atoms with van der Waals surface area (Å²) in [5.41, 5.74) is 0.821. The van der Waals surface area contributed by atoms with Gasteiger partial charge in [-0.15, -0.1) is 11.3 Å². The van der Waals surface area contributed by atoms with Crippen molar-refractivity contribution in [3.63, 3.8) is 0 Å². The van der Waals surface area contributed by atoms with Gasteiger partial charge >= 0.3 is 0 Å². The molecule has 1 amide bonds. The Morgan fingerprint density at radius 3 is 2.64 bits per heavy atom. The van der Waals surface area contributed by atoms with E-state index in [0.29, 0.717) is 15.6 Å². The Bertz CT molecular complexity index is 785. The zero-order valence-corrected chi connectivity index (χ0v) is 14.3. The lowest BCUT2D eigenvalue weighted by Crippen LogP contribution is -2.23. The van der Waals surface area contributed by atoms with Gasteiger partial charge in [-0.3, -0.25) is 9.52 Å². The molecule has 0 atom stereocenters. The largest absolute Gasteiger partial charge is 0.321 e. The van der Waals surface area contributed by atoms with Crippen LogP contribution >= 0.6 is 22.9 Å². The number of carbonyl (C=O) groups is 1. The van der Waals surface area contributed by atoms with E-state index in [1.165, 1.54) is 0 Å². The van der Waals surface area contributed by atoms with E-state index in [1.54, 1.807) is 49.6 Å². The maximum atomic E-state index is 12.3. The molecule has 0 bridgehead atoms. The first-order valence-corrected chi connectivity index (χ1v) is 9.26. The Morgan fingerprint density at radius 2 is 2.00 bits per heavy atom. The lowest BCUT2D eigenvalue weighted by molar-refractivity contribution is 0.103. The van der Waals surface area contributed by atoms with E-state index in [0.717, 1.165) is 11.3 Å². The van der Waals surface area contributed by atoms with Crippen molar-refractivity contribution >= 4 is 50.2 Å². The van der Waals surface area contributed by atoms with E-state index >= 15 is 0 Å². The number of halogens is 1. The number of hydrogen-bond acceptors (Lipinski definition) is 4. The summed E-state index contributed by atoms with van der Waals surface area (Å²) in [6.07, 6.45) is 0. The molecule has 2 N–H and O–H groups in total. The molecular formula is C14H15ClN2O3S2. The molecule has 1 aromatic carbocycles. The number of anilines is 2. The molecule has 22 heavy (non-hydrogen) atoms. The van der Waals surface area contributed by atoms with Crippen LogP contribution in [0.4, 0.5) is 11.4 Å². The fourth-order valence-electron chi connectivity index (χ4n) is 1.59. The molecule has 1 heterocycles. The van der Waals surface area contributed by atoms with E-state index in [2.05, 4.69) is 10.0 Å². The van der Waals surface area contributed by atoms with Crippen LogP contribution in [0.2, 0.25) is 5.02 Å². The molecule has 5 nitrogen and oxygen atoms in total. The second-order valence-electron chi connectivity index (χ2n) is 4.82. The van der Waals surface area contributed by atoms with Crippen molar-refractivity contribution in [2.24, 2.45) is 0 Å². The lowest BCUT2D eigenvalue weighted by atomic mass is 10.3. The number of thiophene rings is 1. The van der Waals surface area contributed by atoms with Crippen LogP contribution in [0, 0.1) is 0 Å². The van der Waals surface area contributed by atoms with Crippen molar-refractivity contribution in [3.05, 3.63) is 45.6 Å². The van der Waals surface area contributed by atoms with Crippen molar-refractivity contribution in [1.29, 1.82) is 0 Å². The molecule has 0 unspecified atom stereocenters. The summed E-state index contributed by atoms with van der Waals surface area (Å²) in [5.74, 6) is -0.390. The van der Waals surface area contributed by atoms with Gasteiger partial charge in [-0.05, 0) is 43.5 Å². The third-order valence-electron chi connectivity index (χ3n) is 2.83. The molecule has 0 saturated carbocycles. The van der Waals surface area contributed by atoms with Crippen LogP contribution < -0.4 is 10.0 Å². The van der Waals surface area contributed by atoms with Gasteiger partial charge in [0, 0.05) is 10.7 Å². The number of carbonyl (C=O) groups excluding carboxylic acids is 1. The summed E-state index contributed by atoms with van der Waals surface area (Å²) < 4.78 is 26.3. The fraction of sp³-hybridized carbons (Fsp3) is 0.214. The molecule has 0 radical (unpaired) electrons. The highest BCUT2D eigenvalue weighted by molar-refractivity contribution is 7.93. The monoisotopic (exact) mass is 358 g/mol. The van der Waals surface area contributed by atoms with E-state index in [-0.39, 0.29) is 5.69 Å². The number of benzene rings is 1. The molecule has 0 spiro atoms. The van der Waals surface area contributed by atoms with Gasteiger partial charge in [0.05, 0.1) is 10.9 Å². The van der Waals surface area contributed by atoms with Crippen LogP contribution in [0.15, 0.2) is 35.7 Å². The van der Waals surface area contributed by atoms with Crippen molar-refractivity contribution in [2.45, 2.75) is 19.1 Å². The summed E-state index contributed by atoms with van der Waals surface area (Å²) in [5, 5.41) is 4.27. The first kappa shape index (κ1) is 16.8. The second-order valence-corrected chi connectivity index (χ2v) is 8.41. The number of amides is 1. The summed E-state index contributed by atoms with van der Waals surface area (Å²) >= 11 is 7.03. The van der Waals surface area contributed by atoms with Crippen LogP contribution in [-0.2, 0) is 10.0 Å². The minimum atomic E-state index is -3.50. The Morgan fingerprint density at radius 1 is 1.27 bits per heavy atom. The zero-order chi connectivity index (χ0) is 16.3. The number of hydrogen-bond donors (Lipinski definition) is 2. The topological polar surface area (TPSA) is 75.3 Å². The summed E-state index contributed by atoms with van der Waals surface area (Å²) in [4.78, 5) is 12.6. The van der Waals surface area contributed by atoms with Crippen LogP contribution in [0.25, 0.3) is 0 Å². The number of rotatable bonds is 5. The molecule has 2 aromatic rings. The molecule has 0 fully saturated rings. The average molecular weight is 359 g/mol. The second kappa shape index (κ2) is 6.68. The van der Waals surface area contributed by atoms with Gasteiger partial charge in [-0.2, -0.15) is 0 Å². The molecule has 1 aromatic heterocycles. The minimum absolute atomic E-state index is 0.276. The number of sulfonamides is 1. The first-order valence-electron chi connectivity index (χ1n) is 6.45. The first-order chi connectivity index (χ1) is 10.3. The van der Waals surface area contributed by atoms with E-state index < -0.39 is 21.2 Å². The average Bonchev–Trinajstić information content (AvgIpc) is 2.86. The molecule has 0 saturated heterocycles. The maximum absolute atomic E-state index is 12.3. The Kier molecular flexibility index (Phi) is 5.10. The molecule has 0 aliphatic rings. The molecule has 8 heteroatoms. The van der Waals surface area contributed by atoms with Gasteiger partial charge < -0.3 is 5.32 Å². The van der Waals surface area contributed by atoms with Crippen molar-refractivity contribution in [3.8, 4) is 0 Å². The maximum Gasteiger partial charge on any atom is 0.267 e. The highest BCUT2D eigenvalue weighted by atomic mass is 35.5. The van der Waals surface area contributed by atoms with Gasteiger partial charge in [0.25, 0.3) is 5.91 Å². The molecule has 2 rings (SSSR count). The predicted molar refractivity (Wildman–Crippen MR) is 91.4 cm³/mol. The molecule has 0 aliphatic heterocycles. The summed E-state index contributed by atoms with van der Waals surface area (Å²) in [6, 6.07) is 8.30. The van der Waals surface area contributed by atoms with Crippen molar-refractivity contribution in [1.82, 2.24) is 0 Å². The van der Waals surface area contributed by atoms with Gasteiger partial charge in [0.1, 0.15) is 4.88 Å². The van der Waals surface area contributed by atoms with E-state index in [9.17, 15) is 13.2 Å². The summed E-state index contributed by atoms with van der Waals surface area (Å²) in [7, 11) is -3.50. The molecule has 118 valence electrons. The highest BCUT2D eigenvalue weighted by Gasteiger charge is 2.21. The zero-order valence-electron chi connectivity index (χ0n) is 12.0. The van der Waals surface area contributed by atoms with Gasteiger partial charge in [0.15, 0.2) is 0 Å².